The monoisotopic (exact) mass is 243 g/mol. The molecule has 2 rings (SSSR count). The maximum absolute atomic E-state index is 9.26. The molecule has 0 aliphatic rings. The number of aliphatic hydroxyl groups excluding tert-OH is 1. The van der Waals surface area contributed by atoms with E-state index in [1.165, 1.54) is 0 Å². The van der Waals surface area contributed by atoms with Crippen LogP contribution >= 0.6 is 0 Å². The molecule has 2 aromatic rings. The third-order valence-corrected chi connectivity index (χ3v) is 2.68. The number of aliphatic hydroxyl groups is 1. The number of rotatable bonds is 4. The fraction of sp³-hybridized carbons (Fsp3) is 0.286. The minimum Gasteiger partial charge on any atom is -0.390 e. The Bertz CT molecular complexity index is 529. The van der Waals surface area contributed by atoms with E-state index in [0.717, 1.165) is 11.3 Å². The average molecular weight is 243 g/mol. The van der Waals surface area contributed by atoms with Crippen molar-refractivity contribution in [2.75, 3.05) is 0 Å². The smallest absolute Gasteiger partial charge is 0.115 e. The standard InChI is InChI=1S/C14H17N3O/c1-11(2)17-14(13(10-18)15-16-17)9-8-12-6-4-3-5-7-12/h3-9,11,18H,10H2,1-2H3/b9-8+. The summed E-state index contributed by atoms with van der Waals surface area (Å²) in [6.45, 7) is 3.98. The summed E-state index contributed by atoms with van der Waals surface area (Å²) in [6.07, 6.45) is 3.94. The Kier molecular flexibility index (Phi) is 3.89. The molecule has 0 aliphatic carbocycles. The van der Waals surface area contributed by atoms with Crippen molar-refractivity contribution in [2.24, 2.45) is 0 Å². The summed E-state index contributed by atoms with van der Waals surface area (Å²) in [5, 5.41) is 17.3. The summed E-state index contributed by atoms with van der Waals surface area (Å²) in [7, 11) is 0. The van der Waals surface area contributed by atoms with Gasteiger partial charge in [0.1, 0.15) is 5.69 Å². The first-order chi connectivity index (χ1) is 8.72. The van der Waals surface area contributed by atoms with Crippen LogP contribution in [-0.2, 0) is 6.61 Å². The van der Waals surface area contributed by atoms with Gasteiger partial charge in [-0.2, -0.15) is 0 Å². The van der Waals surface area contributed by atoms with Crippen molar-refractivity contribution in [3.05, 3.63) is 47.3 Å². The van der Waals surface area contributed by atoms with Gasteiger partial charge in [-0.1, -0.05) is 41.6 Å². The van der Waals surface area contributed by atoms with Crippen LogP contribution in [0, 0.1) is 0 Å². The van der Waals surface area contributed by atoms with Crippen molar-refractivity contribution in [3.63, 3.8) is 0 Å². The Morgan fingerprint density at radius 2 is 1.94 bits per heavy atom. The van der Waals surface area contributed by atoms with Crippen LogP contribution in [0.4, 0.5) is 0 Å². The van der Waals surface area contributed by atoms with E-state index in [0.29, 0.717) is 5.69 Å². The summed E-state index contributed by atoms with van der Waals surface area (Å²) in [6, 6.07) is 10.2. The molecule has 1 aromatic heterocycles. The Labute approximate surface area is 107 Å². The van der Waals surface area contributed by atoms with E-state index in [9.17, 15) is 5.11 Å². The van der Waals surface area contributed by atoms with Gasteiger partial charge in [0.2, 0.25) is 0 Å². The van der Waals surface area contributed by atoms with Crippen LogP contribution in [-0.4, -0.2) is 20.1 Å². The second-order valence-corrected chi connectivity index (χ2v) is 4.36. The van der Waals surface area contributed by atoms with Crippen LogP contribution in [0.5, 0.6) is 0 Å². The molecule has 0 unspecified atom stereocenters. The van der Waals surface area contributed by atoms with E-state index < -0.39 is 0 Å². The predicted molar refractivity (Wildman–Crippen MR) is 71.7 cm³/mol. The minimum atomic E-state index is -0.0960. The molecule has 0 radical (unpaired) electrons. The molecule has 0 saturated heterocycles. The van der Waals surface area contributed by atoms with E-state index >= 15 is 0 Å². The lowest BCUT2D eigenvalue weighted by Crippen LogP contribution is -2.05. The Morgan fingerprint density at radius 1 is 1.22 bits per heavy atom. The van der Waals surface area contributed by atoms with Crippen LogP contribution in [0.3, 0.4) is 0 Å². The van der Waals surface area contributed by atoms with Gasteiger partial charge in [0.25, 0.3) is 0 Å². The van der Waals surface area contributed by atoms with Gasteiger partial charge in [-0.15, -0.1) is 5.10 Å². The maximum atomic E-state index is 9.26. The zero-order valence-corrected chi connectivity index (χ0v) is 10.6. The third-order valence-electron chi connectivity index (χ3n) is 2.68. The molecule has 1 N–H and O–H groups in total. The number of nitrogens with zero attached hydrogens (tertiary/aromatic N) is 3. The first-order valence-corrected chi connectivity index (χ1v) is 6.00. The zero-order valence-electron chi connectivity index (χ0n) is 10.6. The Hall–Kier alpha value is -1.94. The van der Waals surface area contributed by atoms with Crippen molar-refractivity contribution < 1.29 is 5.11 Å². The van der Waals surface area contributed by atoms with E-state index in [1.807, 2.05) is 61.0 Å². The number of hydrogen-bond donors (Lipinski definition) is 1. The second-order valence-electron chi connectivity index (χ2n) is 4.36. The van der Waals surface area contributed by atoms with Gasteiger partial charge in [0.15, 0.2) is 0 Å². The SMILES string of the molecule is CC(C)n1nnc(CO)c1/C=C/c1ccccc1. The molecular weight excluding hydrogens is 226 g/mol. The molecule has 94 valence electrons. The Morgan fingerprint density at radius 3 is 2.56 bits per heavy atom. The van der Waals surface area contributed by atoms with Gasteiger partial charge in [-0.25, -0.2) is 4.68 Å². The van der Waals surface area contributed by atoms with Crippen molar-refractivity contribution in [3.8, 4) is 0 Å². The highest BCUT2D eigenvalue weighted by Gasteiger charge is 2.11. The lowest BCUT2D eigenvalue weighted by Gasteiger charge is -2.07. The van der Waals surface area contributed by atoms with E-state index in [4.69, 9.17) is 0 Å². The van der Waals surface area contributed by atoms with Crippen LogP contribution in [0.1, 0.15) is 36.8 Å². The maximum Gasteiger partial charge on any atom is 0.115 e. The molecule has 0 amide bonds. The number of benzene rings is 1. The van der Waals surface area contributed by atoms with E-state index in [1.54, 1.807) is 0 Å². The topological polar surface area (TPSA) is 50.9 Å². The fourth-order valence-corrected chi connectivity index (χ4v) is 1.74. The van der Waals surface area contributed by atoms with Crippen LogP contribution in [0.15, 0.2) is 30.3 Å². The van der Waals surface area contributed by atoms with Gasteiger partial charge < -0.3 is 5.11 Å². The number of hydrogen-bond acceptors (Lipinski definition) is 3. The molecule has 18 heavy (non-hydrogen) atoms. The third kappa shape index (κ3) is 2.65. The largest absolute Gasteiger partial charge is 0.390 e. The van der Waals surface area contributed by atoms with Gasteiger partial charge in [0.05, 0.1) is 12.3 Å². The lowest BCUT2D eigenvalue weighted by atomic mass is 10.2. The number of aromatic nitrogens is 3. The minimum absolute atomic E-state index is 0.0960. The highest BCUT2D eigenvalue weighted by atomic mass is 16.3. The summed E-state index contributed by atoms with van der Waals surface area (Å²) >= 11 is 0. The van der Waals surface area contributed by atoms with Crippen molar-refractivity contribution in [2.45, 2.75) is 26.5 Å². The zero-order chi connectivity index (χ0) is 13.0. The van der Waals surface area contributed by atoms with Gasteiger partial charge in [-0.05, 0) is 25.5 Å². The average Bonchev–Trinajstić information content (AvgIpc) is 2.80. The highest BCUT2D eigenvalue weighted by molar-refractivity contribution is 5.68. The molecule has 0 saturated carbocycles. The molecule has 1 aromatic carbocycles. The lowest BCUT2D eigenvalue weighted by molar-refractivity contribution is 0.276. The first-order valence-electron chi connectivity index (χ1n) is 6.00. The fourth-order valence-electron chi connectivity index (χ4n) is 1.74. The summed E-state index contributed by atoms with van der Waals surface area (Å²) in [5.74, 6) is 0. The molecule has 0 fully saturated rings. The Balaban J connectivity index is 2.33. The second kappa shape index (κ2) is 5.60. The molecule has 4 nitrogen and oxygen atoms in total. The van der Waals surface area contributed by atoms with Gasteiger partial charge >= 0.3 is 0 Å². The van der Waals surface area contributed by atoms with Crippen LogP contribution in [0.2, 0.25) is 0 Å². The predicted octanol–water partition coefficient (Wildman–Crippen LogP) is 2.52. The molecular formula is C14H17N3O. The molecule has 4 heteroatoms. The van der Waals surface area contributed by atoms with E-state index in [-0.39, 0.29) is 12.6 Å². The summed E-state index contributed by atoms with van der Waals surface area (Å²) < 4.78 is 1.81. The van der Waals surface area contributed by atoms with Crippen LogP contribution < -0.4 is 0 Å². The first kappa shape index (κ1) is 12.5. The van der Waals surface area contributed by atoms with Gasteiger partial charge in [-0.3, -0.25) is 0 Å². The highest BCUT2D eigenvalue weighted by Crippen LogP contribution is 2.15. The van der Waals surface area contributed by atoms with Crippen LogP contribution in [0.25, 0.3) is 12.2 Å². The molecule has 0 aliphatic heterocycles. The quantitative estimate of drug-likeness (QED) is 0.897. The molecule has 0 bridgehead atoms. The molecule has 1 heterocycles. The van der Waals surface area contributed by atoms with Crippen molar-refractivity contribution in [1.29, 1.82) is 0 Å². The summed E-state index contributed by atoms with van der Waals surface area (Å²) in [4.78, 5) is 0. The molecule has 0 atom stereocenters. The summed E-state index contributed by atoms with van der Waals surface area (Å²) in [5.41, 5.74) is 2.57. The van der Waals surface area contributed by atoms with Crippen molar-refractivity contribution >= 4 is 12.2 Å². The van der Waals surface area contributed by atoms with Gasteiger partial charge in [0, 0.05) is 6.04 Å². The normalized spacial score (nSPS) is 11.6. The van der Waals surface area contributed by atoms with Crippen molar-refractivity contribution in [1.82, 2.24) is 15.0 Å². The van der Waals surface area contributed by atoms with E-state index in [2.05, 4.69) is 10.3 Å². The molecule has 0 spiro atoms.